The highest BCUT2D eigenvalue weighted by Crippen LogP contribution is 2.27. The number of aromatic nitrogens is 2. The van der Waals surface area contributed by atoms with Gasteiger partial charge >= 0.3 is 0 Å². The van der Waals surface area contributed by atoms with Crippen molar-refractivity contribution < 1.29 is 14.6 Å². The average Bonchev–Trinajstić information content (AvgIpc) is 3.05. The van der Waals surface area contributed by atoms with E-state index in [2.05, 4.69) is 34.8 Å². The third-order valence-corrected chi connectivity index (χ3v) is 4.74. The summed E-state index contributed by atoms with van der Waals surface area (Å²) in [6.07, 6.45) is 1.22. The molecule has 2 aromatic heterocycles. The Kier molecular flexibility index (Phi) is 6.54. The van der Waals surface area contributed by atoms with Crippen molar-refractivity contribution in [2.75, 3.05) is 27.3 Å². The lowest BCUT2D eigenvalue weighted by molar-refractivity contribution is 0.0744. The molecule has 2 heterocycles. The van der Waals surface area contributed by atoms with Gasteiger partial charge in [0.1, 0.15) is 29.9 Å². The number of aliphatic hydroxyl groups is 1. The lowest BCUT2D eigenvalue weighted by Crippen LogP contribution is -2.33. The number of rotatable bonds is 9. The van der Waals surface area contributed by atoms with Crippen LogP contribution in [0.2, 0.25) is 0 Å². The largest absolute Gasteiger partial charge is 0.497 e. The van der Waals surface area contributed by atoms with Crippen LogP contribution in [0.1, 0.15) is 31.0 Å². The average molecular weight is 383 g/mol. The zero-order valence-electron chi connectivity index (χ0n) is 17.0. The van der Waals surface area contributed by atoms with Gasteiger partial charge in [0.15, 0.2) is 0 Å². The Morgan fingerprint density at radius 3 is 2.54 bits per heavy atom. The van der Waals surface area contributed by atoms with Gasteiger partial charge in [0.25, 0.3) is 0 Å². The van der Waals surface area contributed by atoms with Gasteiger partial charge in [0, 0.05) is 30.4 Å². The molecule has 3 aromatic rings. The van der Waals surface area contributed by atoms with Crippen LogP contribution in [-0.4, -0.2) is 53.4 Å². The van der Waals surface area contributed by atoms with Crippen molar-refractivity contribution in [3.8, 4) is 11.5 Å². The summed E-state index contributed by atoms with van der Waals surface area (Å²) in [7, 11) is 3.64. The SMILES string of the molecule is COc1ccc(OC[C@@H](O)CN(C)Cc2c(C(C)C)[nH]c3ncccc23)cc1. The number of H-pyrrole nitrogens is 1. The molecule has 0 aliphatic heterocycles. The monoisotopic (exact) mass is 383 g/mol. The molecule has 3 rings (SSSR count). The van der Waals surface area contributed by atoms with Crippen molar-refractivity contribution in [3.63, 3.8) is 0 Å². The number of aromatic amines is 1. The number of nitrogens with one attached hydrogen (secondary N) is 1. The standard InChI is InChI=1S/C22H29N3O3/c1-15(2)21-20(19-6-5-11-23-22(19)24-21)13-25(3)12-16(26)14-28-18-9-7-17(27-4)8-10-18/h5-11,15-16,26H,12-14H2,1-4H3,(H,23,24)/t16-/m0/s1. The summed E-state index contributed by atoms with van der Waals surface area (Å²) in [4.78, 5) is 9.99. The van der Waals surface area contributed by atoms with Gasteiger partial charge in [0.05, 0.1) is 7.11 Å². The fourth-order valence-corrected chi connectivity index (χ4v) is 3.37. The number of aliphatic hydroxyl groups excluding tert-OH is 1. The number of hydrogen-bond donors (Lipinski definition) is 2. The summed E-state index contributed by atoms with van der Waals surface area (Å²) in [6, 6.07) is 11.4. The third kappa shape index (κ3) is 4.82. The molecule has 28 heavy (non-hydrogen) atoms. The summed E-state index contributed by atoms with van der Waals surface area (Å²) in [5.74, 6) is 1.87. The van der Waals surface area contributed by atoms with Crippen molar-refractivity contribution >= 4 is 11.0 Å². The second-order valence-corrected chi connectivity index (χ2v) is 7.41. The first kappa shape index (κ1) is 20.2. The van der Waals surface area contributed by atoms with Gasteiger partial charge in [-0.05, 0) is 54.9 Å². The van der Waals surface area contributed by atoms with E-state index >= 15 is 0 Å². The Hall–Kier alpha value is -2.57. The molecule has 6 heteroatoms. The molecular weight excluding hydrogens is 354 g/mol. The summed E-state index contributed by atoms with van der Waals surface area (Å²) >= 11 is 0. The van der Waals surface area contributed by atoms with Gasteiger partial charge in [-0.2, -0.15) is 0 Å². The maximum atomic E-state index is 10.4. The molecule has 0 bridgehead atoms. The zero-order valence-corrected chi connectivity index (χ0v) is 17.0. The van der Waals surface area contributed by atoms with E-state index in [-0.39, 0.29) is 6.61 Å². The minimum absolute atomic E-state index is 0.239. The number of nitrogens with zero attached hydrogens (tertiary/aromatic N) is 2. The molecule has 0 saturated heterocycles. The molecule has 1 aromatic carbocycles. The number of benzene rings is 1. The first-order valence-corrected chi connectivity index (χ1v) is 9.56. The fraction of sp³-hybridized carbons (Fsp3) is 0.409. The maximum Gasteiger partial charge on any atom is 0.137 e. The number of pyridine rings is 1. The molecule has 0 aliphatic rings. The van der Waals surface area contributed by atoms with Gasteiger partial charge in [-0.1, -0.05) is 13.8 Å². The predicted molar refractivity (Wildman–Crippen MR) is 111 cm³/mol. The fourth-order valence-electron chi connectivity index (χ4n) is 3.37. The molecule has 0 amide bonds. The van der Waals surface area contributed by atoms with Crippen LogP contribution < -0.4 is 9.47 Å². The number of likely N-dealkylation sites (N-methyl/N-ethyl adjacent to an activating group) is 1. The van der Waals surface area contributed by atoms with Crippen LogP contribution in [0.25, 0.3) is 11.0 Å². The minimum Gasteiger partial charge on any atom is -0.497 e. The highest BCUT2D eigenvalue weighted by atomic mass is 16.5. The lowest BCUT2D eigenvalue weighted by atomic mass is 10.0. The normalized spacial score (nSPS) is 12.7. The summed E-state index contributed by atoms with van der Waals surface area (Å²) in [5.41, 5.74) is 3.35. The van der Waals surface area contributed by atoms with Crippen molar-refractivity contribution in [1.82, 2.24) is 14.9 Å². The lowest BCUT2D eigenvalue weighted by Gasteiger charge is -2.22. The highest BCUT2D eigenvalue weighted by Gasteiger charge is 2.17. The van der Waals surface area contributed by atoms with Gasteiger partial charge in [-0.15, -0.1) is 0 Å². The molecule has 0 spiro atoms. The summed E-state index contributed by atoms with van der Waals surface area (Å²) in [5, 5.41) is 11.5. The predicted octanol–water partition coefficient (Wildman–Crippen LogP) is 3.57. The van der Waals surface area contributed by atoms with Crippen LogP contribution in [0.4, 0.5) is 0 Å². The Balaban J connectivity index is 1.59. The molecule has 0 aliphatic carbocycles. The highest BCUT2D eigenvalue weighted by molar-refractivity contribution is 5.81. The van der Waals surface area contributed by atoms with E-state index in [0.29, 0.717) is 18.2 Å². The van der Waals surface area contributed by atoms with Gasteiger partial charge in [-0.25, -0.2) is 4.98 Å². The van der Waals surface area contributed by atoms with Crippen LogP contribution >= 0.6 is 0 Å². The molecule has 2 N–H and O–H groups in total. The summed E-state index contributed by atoms with van der Waals surface area (Å²) in [6.45, 7) is 5.83. The van der Waals surface area contributed by atoms with Crippen LogP contribution in [0, 0.1) is 0 Å². The zero-order chi connectivity index (χ0) is 20.1. The molecule has 0 unspecified atom stereocenters. The molecule has 0 saturated carbocycles. The van der Waals surface area contributed by atoms with Crippen LogP contribution in [-0.2, 0) is 6.54 Å². The van der Waals surface area contributed by atoms with E-state index in [4.69, 9.17) is 9.47 Å². The smallest absolute Gasteiger partial charge is 0.137 e. The van der Waals surface area contributed by atoms with Crippen LogP contribution in [0.3, 0.4) is 0 Å². The molecule has 0 fully saturated rings. The molecule has 1 atom stereocenters. The quantitative estimate of drug-likeness (QED) is 0.591. The second-order valence-electron chi connectivity index (χ2n) is 7.41. The number of hydrogen-bond acceptors (Lipinski definition) is 5. The van der Waals surface area contributed by atoms with Crippen LogP contribution in [0.5, 0.6) is 11.5 Å². The topological polar surface area (TPSA) is 70.6 Å². The third-order valence-electron chi connectivity index (χ3n) is 4.74. The molecule has 150 valence electrons. The van der Waals surface area contributed by atoms with Gasteiger partial charge in [-0.3, -0.25) is 4.90 Å². The van der Waals surface area contributed by atoms with Crippen molar-refractivity contribution in [1.29, 1.82) is 0 Å². The first-order valence-electron chi connectivity index (χ1n) is 9.56. The van der Waals surface area contributed by atoms with E-state index in [0.717, 1.165) is 23.3 Å². The van der Waals surface area contributed by atoms with Crippen molar-refractivity contribution in [2.45, 2.75) is 32.4 Å². The maximum absolute atomic E-state index is 10.4. The van der Waals surface area contributed by atoms with Crippen molar-refractivity contribution in [2.24, 2.45) is 0 Å². The van der Waals surface area contributed by atoms with Gasteiger partial charge < -0.3 is 19.6 Å². The van der Waals surface area contributed by atoms with E-state index < -0.39 is 6.10 Å². The Bertz CT molecular complexity index is 890. The summed E-state index contributed by atoms with van der Waals surface area (Å²) < 4.78 is 10.8. The second kappa shape index (κ2) is 9.08. The van der Waals surface area contributed by atoms with Gasteiger partial charge in [0.2, 0.25) is 0 Å². The number of fused-ring (bicyclic) bond motifs is 1. The van der Waals surface area contributed by atoms with Crippen LogP contribution in [0.15, 0.2) is 42.6 Å². The first-order chi connectivity index (χ1) is 13.5. The number of ether oxygens (including phenoxy) is 2. The van der Waals surface area contributed by atoms with Crippen molar-refractivity contribution in [3.05, 3.63) is 53.9 Å². The molecule has 0 radical (unpaired) electrons. The molecular formula is C22H29N3O3. The Morgan fingerprint density at radius 2 is 1.86 bits per heavy atom. The number of methoxy groups -OCH3 is 1. The van der Waals surface area contributed by atoms with E-state index in [1.165, 1.54) is 11.3 Å². The molecule has 6 nitrogen and oxygen atoms in total. The Labute approximate surface area is 166 Å². The minimum atomic E-state index is -0.585. The Morgan fingerprint density at radius 1 is 1.14 bits per heavy atom. The van der Waals surface area contributed by atoms with E-state index in [1.54, 1.807) is 13.3 Å². The van der Waals surface area contributed by atoms with E-state index in [1.807, 2.05) is 37.4 Å². The van der Waals surface area contributed by atoms with E-state index in [9.17, 15) is 5.11 Å².